The number of aromatic amines is 1. The Morgan fingerprint density at radius 2 is 1.90 bits per heavy atom. The first-order valence-corrected chi connectivity index (χ1v) is 9.73. The van der Waals surface area contributed by atoms with Gasteiger partial charge in [-0.25, -0.2) is 4.39 Å². The zero-order chi connectivity index (χ0) is 21.3. The van der Waals surface area contributed by atoms with Gasteiger partial charge in [0, 0.05) is 29.6 Å². The highest BCUT2D eigenvalue weighted by Crippen LogP contribution is 2.31. The molecule has 0 fully saturated rings. The lowest BCUT2D eigenvalue weighted by Crippen LogP contribution is -2.31. The number of H-pyrrole nitrogens is 1. The number of hydrogen-bond donors (Lipinski definition) is 3. The highest BCUT2D eigenvalue weighted by Gasteiger charge is 2.29. The molecule has 0 bridgehead atoms. The number of aromatic nitrogens is 4. The maximum atomic E-state index is 14.3. The molecule has 0 aliphatic heterocycles. The molecule has 30 heavy (non-hydrogen) atoms. The molecule has 0 aliphatic carbocycles. The van der Waals surface area contributed by atoms with Crippen LogP contribution in [0.5, 0.6) is 0 Å². The molecule has 6 nitrogen and oxygen atoms in total. The smallest absolute Gasteiger partial charge is 0.359 e. The quantitative estimate of drug-likeness (QED) is 0.394. The third-order valence-corrected chi connectivity index (χ3v) is 5.39. The molecule has 0 spiro atoms. The summed E-state index contributed by atoms with van der Waals surface area (Å²) in [6.07, 6.45) is -2.37. The number of nitrogens with zero attached hydrogens (tertiary/aromatic N) is 3. The monoisotopic (exact) mass is 436 g/mol. The Bertz CT molecular complexity index is 1150. The molecule has 0 aliphatic rings. The second-order valence-electron chi connectivity index (χ2n) is 6.74. The van der Waals surface area contributed by atoms with Crippen molar-refractivity contribution in [3.05, 3.63) is 59.5 Å². The Kier molecular flexibility index (Phi) is 5.39. The normalized spacial score (nSPS) is 13.0. The molecule has 4 rings (SSSR count). The van der Waals surface area contributed by atoms with Crippen molar-refractivity contribution in [2.75, 3.05) is 11.9 Å². The van der Waals surface area contributed by atoms with E-state index in [2.05, 4.69) is 25.7 Å². The summed E-state index contributed by atoms with van der Waals surface area (Å²) in [5, 5.41) is 19.3. The summed E-state index contributed by atoms with van der Waals surface area (Å²) in [6.45, 7) is 0.332. The van der Waals surface area contributed by atoms with Crippen LogP contribution in [0.4, 0.5) is 22.7 Å². The van der Waals surface area contributed by atoms with Crippen LogP contribution in [0.3, 0.4) is 0 Å². The number of nitrogens with two attached hydrogens (primary N) is 1. The molecule has 0 radical (unpaired) electrons. The predicted octanol–water partition coefficient (Wildman–Crippen LogP) is 4.22. The van der Waals surface area contributed by atoms with Crippen molar-refractivity contribution in [2.24, 2.45) is 5.73 Å². The number of fused-ring (bicyclic) bond motifs is 1. The number of alkyl halides is 3. The molecule has 2 heterocycles. The summed E-state index contributed by atoms with van der Waals surface area (Å²) in [5.74, 6) is -0.437. The maximum absolute atomic E-state index is 14.3. The number of halogens is 4. The third kappa shape index (κ3) is 4.41. The van der Waals surface area contributed by atoms with Crippen molar-refractivity contribution in [1.29, 1.82) is 0 Å². The van der Waals surface area contributed by atoms with E-state index in [4.69, 9.17) is 5.73 Å². The number of hydrogen-bond acceptors (Lipinski definition) is 6. The summed E-state index contributed by atoms with van der Waals surface area (Å²) in [7, 11) is 0. The van der Waals surface area contributed by atoms with E-state index in [0.717, 1.165) is 17.5 Å². The van der Waals surface area contributed by atoms with E-state index >= 15 is 0 Å². The van der Waals surface area contributed by atoms with E-state index < -0.39 is 17.6 Å². The molecule has 1 atom stereocenters. The number of benzene rings is 2. The van der Waals surface area contributed by atoms with Gasteiger partial charge in [-0.1, -0.05) is 23.5 Å². The lowest BCUT2D eigenvalue weighted by molar-refractivity contribution is -0.137. The fraction of sp³-hybridized carbons (Fsp3) is 0.211. The number of rotatable bonds is 6. The van der Waals surface area contributed by atoms with Gasteiger partial charge in [0.1, 0.15) is 5.82 Å². The molecule has 0 saturated heterocycles. The van der Waals surface area contributed by atoms with Crippen LogP contribution in [0.2, 0.25) is 0 Å². The molecule has 0 saturated carbocycles. The minimum Gasteiger partial charge on any atom is -0.359 e. The lowest BCUT2D eigenvalue weighted by Gasteiger charge is -2.13. The second-order valence-corrected chi connectivity index (χ2v) is 7.72. The van der Waals surface area contributed by atoms with Gasteiger partial charge in [-0.2, -0.15) is 18.3 Å². The standard InChI is InChI=1S/C19H16F4N6S/c20-15-7-16-11(8-26-27-16)6-14(15)17-28-29-18(30-17)25-9-13(24)5-10-1-3-12(4-2-10)19(21,22)23/h1-4,6-8,13H,5,9,24H2,(H,25,29)(H,26,27)/t13-/m1/s1. The van der Waals surface area contributed by atoms with E-state index in [-0.39, 0.29) is 6.04 Å². The number of anilines is 1. The molecule has 2 aromatic carbocycles. The molecule has 0 unspecified atom stereocenters. The Balaban J connectivity index is 1.37. The van der Waals surface area contributed by atoms with Gasteiger partial charge in [0.25, 0.3) is 0 Å². The van der Waals surface area contributed by atoms with Crippen LogP contribution in [0.25, 0.3) is 21.5 Å². The first kappa shape index (κ1) is 20.2. The first-order valence-electron chi connectivity index (χ1n) is 8.91. The molecule has 2 aromatic heterocycles. The van der Waals surface area contributed by atoms with Gasteiger partial charge in [-0.3, -0.25) is 5.10 Å². The third-order valence-electron chi connectivity index (χ3n) is 4.48. The van der Waals surface area contributed by atoms with Crippen LogP contribution in [0.15, 0.2) is 42.6 Å². The molecule has 4 N–H and O–H groups in total. The van der Waals surface area contributed by atoms with Gasteiger partial charge in [-0.15, -0.1) is 10.2 Å². The van der Waals surface area contributed by atoms with Crippen LogP contribution in [-0.4, -0.2) is 33.0 Å². The van der Waals surface area contributed by atoms with Gasteiger partial charge in [0.2, 0.25) is 5.13 Å². The molecular weight excluding hydrogens is 420 g/mol. The van der Waals surface area contributed by atoms with Crippen LogP contribution in [0, 0.1) is 5.82 Å². The Morgan fingerprint density at radius 1 is 1.13 bits per heavy atom. The van der Waals surface area contributed by atoms with Gasteiger partial charge < -0.3 is 11.1 Å². The number of nitrogens with one attached hydrogen (secondary N) is 2. The fourth-order valence-electron chi connectivity index (χ4n) is 2.96. The Morgan fingerprint density at radius 3 is 2.63 bits per heavy atom. The Hall–Kier alpha value is -3.05. The zero-order valence-electron chi connectivity index (χ0n) is 15.4. The zero-order valence-corrected chi connectivity index (χ0v) is 16.2. The van der Waals surface area contributed by atoms with E-state index in [9.17, 15) is 17.6 Å². The summed E-state index contributed by atoms with van der Waals surface area (Å²) < 4.78 is 52.2. The van der Waals surface area contributed by atoms with Crippen molar-refractivity contribution < 1.29 is 17.6 Å². The minimum absolute atomic E-state index is 0.323. The van der Waals surface area contributed by atoms with E-state index in [1.54, 1.807) is 12.3 Å². The fourth-order valence-corrected chi connectivity index (χ4v) is 3.72. The van der Waals surface area contributed by atoms with Gasteiger partial charge in [-0.05, 0) is 30.2 Å². The molecule has 4 aromatic rings. The molecule has 11 heteroatoms. The van der Waals surface area contributed by atoms with E-state index in [0.29, 0.717) is 39.7 Å². The predicted molar refractivity (Wildman–Crippen MR) is 107 cm³/mol. The van der Waals surface area contributed by atoms with Crippen LogP contribution >= 0.6 is 11.3 Å². The van der Waals surface area contributed by atoms with Gasteiger partial charge in [0.15, 0.2) is 5.01 Å². The van der Waals surface area contributed by atoms with Crippen molar-refractivity contribution in [3.8, 4) is 10.6 Å². The molecule has 0 amide bonds. The second kappa shape index (κ2) is 8.00. The largest absolute Gasteiger partial charge is 0.416 e. The summed E-state index contributed by atoms with van der Waals surface area (Å²) in [5.41, 5.74) is 6.99. The van der Waals surface area contributed by atoms with Crippen molar-refractivity contribution in [3.63, 3.8) is 0 Å². The topological polar surface area (TPSA) is 92.5 Å². The van der Waals surface area contributed by atoms with Gasteiger partial charge in [0.05, 0.1) is 17.3 Å². The van der Waals surface area contributed by atoms with Gasteiger partial charge >= 0.3 is 6.18 Å². The van der Waals surface area contributed by atoms with E-state index in [1.807, 2.05) is 0 Å². The average Bonchev–Trinajstić information content (AvgIpc) is 3.34. The SMILES string of the molecule is N[C@@H](CNc1nnc(-c2cc3cn[nH]c3cc2F)s1)Cc1ccc(C(F)(F)F)cc1. The Labute approximate surface area is 172 Å². The maximum Gasteiger partial charge on any atom is 0.416 e. The summed E-state index contributed by atoms with van der Waals surface area (Å²) in [4.78, 5) is 0. The van der Waals surface area contributed by atoms with Crippen molar-refractivity contribution in [1.82, 2.24) is 20.4 Å². The molecule has 156 valence electrons. The minimum atomic E-state index is -4.36. The van der Waals surface area contributed by atoms with Crippen LogP contribution in [0.1, 0.15) is 11.1 Å². The van der Waals surface area contributed by atoms with Crippen LogP contribution < -0.4 is 11.1 Å². The molecular formula is C19H16F4N6S. The summed E-state index contributed by atoms with van der Waals surface area (Å²) >= 11 is 1.18. The average molecular weight is 436 g/mol. The highest BCUT2D eigenvalue weighted by atomic mass is 32.1. The highest BCUT2D eigenvalue weighted by molar-refractivity contribution is 7.18. The van der Waals surface area contributed by atoms with Crippen LogP contribution in [-0.2, 0) is 12.6 Å². The summed E-state index contributed by atoms with van der Waals surface area (Å²) in [6, 6.07) is 7.56. The van der Waals surface area contributed by atoms with Crippen molar-refractivity contribution in [2.45, 2.75) is 18.6 Å². The van der Waals surface area contributed by atoms with E-state index in [1.165, 1.54) is 29.5 Å². The van der Waals surface area contributed by atoms with Crippen molar-refractivity contribution >= 4 is 27.4 Å². The lowest BCUT2D eigenvalue weighted by atomic mass is 10.0. The first-order chi connectivity index (χ1) is 14.3.